The summed E-state index contributed by atoms with van der Waals surface area (Å²) < 4.78 is 0. The lowest BCUT2D eigenvalue weighted by molar-refractivity contribution is -0.123. The van der Waals surface area contributed by atoms with Crippen LogP contribution in [0.5, 0.6) is 0 Å². The molecule has 4 heteroatoms. The fraction of sp³-hybridized carbons (Fsp3) is 0.571. The molecule has 18 heavy (non-hydrogen) atoms. The van der Waals surface area contributed by atoms with Crippen LogP contribution in [0.2, 0.25) is 0 Å². The van der Waals surface area contributed by atoms with Gasteiger partial charge in [-0.05, 0) is 24.0 Å². The van der Waals surface area contributed by atoms with E-state index >= 15 is 0 Å². The Bertz CT molecular complexity index is 392. The molecule has 2 unspecified atom stereocenters. The molecule has 0 aromatic carbocycles. The summed E-state index contributed by atoms with van der Waals surface area (Å²) in [5.41, 5.74) is 7.96. The number of nitrogens with one attached hydrogen (secondary N) is 1. The maximum absolute atomic E-state index is 11.9. The highest BCUT2D eigenvalue weighted by atomic mass is 16.2. The van der Waals surface area contributed by atoms with Crippen LogP contribution in [0.25, 0.3) is 0 Å². The third kappa shape index (κ3) is 3.81. The highest BCUT2D eigenvalue weighted by molar-refractivity contribution is 5.81. The minimum absolute atomic E-state index is 0.0999. The molecule has 0 bridgehead atoms. The summed E-state index contributed by atoms with van der Waals surface area (Å²) in [6, 6.07) is 3.50. The van der Waals surface area contributed by atoms with Crippen LogP contribution >= 0.6 is 0 Å². The van der Waals surface area contributed by atoms with E-state index in [1.807, 2.05) is 26.0 Å². The van der Waals surface area contributed by atoms with Crippen LogP contribution < -0.4 is 11.1 Å². The summed E-state index contributed by atoms with van der Waals surface area (Å²) in [5, 5.41) is 2.86. The molecule has 0 spiro atoms. The van der Waals surface area contributed by atoms with E-state index in [9.17, 15) is 4.79 Å². The third-order valence-corrected chi connectivity index (χ3v) is 3.36. The molecule has 0 fully saturated rings. The molecule has 0 radical (unpaired) electrons. The summed E-state index contributed by atoms with van der Waals surface area (Å²) in [7, 11) is 0. The van der Waals surface area contributed by atoms with Gasteiger partial charge in [-0.1, -0.05) is 33.3 Å². The number of hydrogen-bond donors (Lipinski definition) is 2. The van der Waals surface area contributed by atoms with Gasteiger partial charge in [-0.2, -0.15) is 0 Å². The van der Waals surface area contributed by atoms with Crippen molar-refractivity contribution in [1.29, 1.82) is 0 Å². The van der Waals surface area contributed by atoms with Gasteiger partial charge in [0.15, 0.2) is 0 Å². The first-order valence-electron chi connectivity index (χ1n) is 6.56. The number of rotatable bonds is 6. The molecular formula is C14H23N3O. The van der Waals surface area contributed by atoms with Crippen LogP contribution in [0.1, 0.15) is 38.4 Å². The topological polar surface area (TPSA) is 68.0 Å². The second kappa shape index (κ2) is 7.11. The van der Waals surface area contributed by atoms with Crippen LogP contribution in [0.15, 0.2) is 18.3 Å². The Morgan fingerprint density at radius 2 is 2.22 bits per heavy atom. The minimum atomic E-state index is -0.441. The van der Waals surface area contributed by atoms with Gasteiger partial charge in [0.1, 0.15) is 0 Å². The highest BCUT2D eigenvalue weighted by Crippen LogP contribution is 2.07. The average molecular weight is 249 g/mol. The van der Waals surface area contributed by atoms with Crippen LogP contribution in [0, 0.1) is 5.92 Å². The Balaban J connectivity index is 2.57. The summed E-state index contributed by atoms with van der Waals surface area (Å²) in [6.45, 7) is 6.55. The van der Waals surface area contributed by atoms with Gasteiger partial charge >= 0.3 is 0 Å². The lowest BCUT2D eigenvalue weighted by atomic mass is 9.99. The molecule has 1 aromatic heterocycles. The van der Waals surface area contributed by atoms with Crippen LogP contribution in [0.4, 0.5) is 0 Å². The zero-order valence-electron chi connectivity index (χ0n) is 11.4. The molecule has 1 amide bonds. The Morgan fingerprint density at radius 3 is 2.83 bits per heavy atom. The zero-order chi connectivity index (χ0) is 13.5. The summed E-state index contributed by atoms with van der Waals surface area (Å²) in [6.07, 6.45) is 3.56. The summed E-state index contributed by atoms with van der Waals surface area (Å²) in [5.74, 6) is 0.0939. The number of pyridine rings is 1. The zero-order valence-corrected chi connectivity index (χ0v) is 11.4. The molecule has 1 rings (SSSR count). The van der Waals surface area contributed by atoms with E-state index in [-0.39, 0.29) is 11.8 Å². The molecule has 100 valence electrons. The van der Waals surface area contributed by atoms with Crippen molar-refractivity contribution in [3.05, 3.63) is 29.6 Å². The maximum Gasteiger partial charge on any atom is 0.237 e. The Kier molecular flexibility index (Phi) is 5.78. The van der Waals surface area contributed by atoms with E-state index in [1.54, 1.807) is 6.20 Å². The molecule has 1 aromatic rings. The number of carbonyl (C=O) groups excluding carboxylic acids is 1. The van der Waals surface area contributed by atoms with Crippen LogP contribution in [0.3, 0.4) is 0 Å². The second-order valence-electron chi connectivity index (χ2n) is 4.59. The van der Waals surface area contributed by atoms with Crippen molar-refractivity contribution in [2.75, 3.05) is 0 Å². The lowest BCUT2D eigenvalue weighted by Crippen LogP contribution is -2.44. The monoisotopic (exact) mass is 249 g/mol. The Labute approximate surface area is 109 Å². The van der Waals surface area contributed by atoms with Gasteiger partial charge in [-0.3, -0.25) is 9.78 Å². The second-order valence-corrected chi connectivity index (χ2v) is 4.59. The van der Waals surface area contributed by atoms with Gasteiger partial charge in [0, 0.05) is 6.20 Å². The molecule has 0 aliphatic rings. The number of hydrogen-bond acceptors (Lipinski definition) is 3. The van der Waals surface area contributed by atoms with E-state index in [0.29, 0.717) is 6.54 Å². The number of aromatic nitrogens is 1. The van der Waals surface area contributed by atoms with Crippen molar-refractivity contribution in [2.45, 2.75) is 46.2 Å². The van der Waals surface area contributed by atoms with Crippen molar-refractivity contribution in [1.82, 2.24) is 10.3 Å². The molecule has 0 saturated carbocycles. The van der Waals surface area contributed by atoms with Crippen LogP contribution in [-0.4, -0.2) is 16.9 Å². The van der Waals surface area contributed by atoms with Crippen molar-refractivity contribution in [2.24, 2.45) is 11.7 Å². The molecule has 4 nitrogen and oxygen atoms in total. The number of nitrogens with zero attached hydrogens (tertiary/aromatic N) is 1. The van der Waals surface area contributed by atoms with Crippen LogP contribution in [-0.2, 0) is 17.8 Å². The average Bonchev–Trinajstić information content (AvgIpc) is 2.43. The molecular weight excluding hydrogens is 226 g/mol. The normalized spacial score (nSPS) is 14.0. The predicted octanol–water partition coefficient (Wildman–Crippen LogP) is 1.63. The van der Waals surface area contributed by atoms with E-state index < -0.39 is 6.04 Å². The molecule has 0 aliphatic carbocycles. The van der Waals surface area contributed by atoms with Gasteiger partial charge in [0.25, 0.3) is 0 Å². The minimum Gasteiger partial charge on any atom is -0.349 e. The van der Waals surface area contributed by atoms with Gasteiger partial charge < -0.3 is 11.1 Å². The molecule has 3 N–H and O–H groups in total. The molecule has 0 aliphatic heterocycles. The third-order valence-electron chi connectivity index (χ3n) is 3.36. The van der Waals surface area contributed by atoms with E-state index in [2.05, 4.69) is 17.2 Å². The fourth-order valence-corrected chi connectivity index (χ4v) is 1.75. The highest BCUT2D eigenvalue weighted by Gasteiger charge is 2.19. The van der Waals surface area contributed by atoms with Gasteiger partial charge in [-0.15, -0.1) is 0 Å². The first-order chi connectivity index (χ1) is 8.60. The van der Waals surface area contributed by atoms with Crippen molar-refractivity contribution >= 4 is 5.91 Å². The van der Waals surface area contributed by atoms with Crippen molar-refractivity contribution < 1.29 is 4.79 Å². The smallest absolute Gasteiger partial charge is 0.237 e. The van der Waals surface area contributed by atoms with E-state index in [4.69, 9.17) is 5.73 Å². The SMILES string of the molecule is CCc1cccnc1CNC(=O)C(N)C(C)CC. The first-order valence-corrected chi connectivity index (χ1v) is 6.56. The Morgan fingerprint density at radius 1 is 1.50 bits per heavy atom. The van der Waals surface area contributed by atoms with Gasteiger partial charge in [-0.25, -0.2) is 0 Å². The fourth-order valence-electron chi connectivity index (χ4n) is 1.75. The summed E-state index contributed by atoms with van der Waals surface area (Å²) in [4.78, 5) is 16.1. The number of amides is 1. The van der Waals surface area contributed by atoms with Crippen molar-refractivity contribution in [3.8, 4) is 0 Å². The van der Waals surface area contributed by atoms with Gasteiger partial charge in [0.05, 0.1) is 18.3 Å². The Hall–Kier alpha value is -1.42. The van der Waals surface area contributed by atoms with E-state index in [0.717, 1.165) is 24.1 Å². The van der Waals surface area contributed by atoms with Crippen molar-refractivity contribution in [3.63, 3.8) is 0 Å². The quantitative estimate of drug-likeness (QED) is 0.805. The summed E-state index contributed by atoms with van der Waals surface area (Å²) >= 11 is 0. The standard InChI is InChI=1S/C14H23N3O/c1-4-10(3)13(15)14(18)17-9-12-11(5-2)7-6-8-16-12/h6-8,10,13H,4-5,9,15H2,1-3H3,(H,17,18). The number of carbonyl (C=O) groups is 1. The lowest BCUT2D eigenvalue weighted by Gasteiger charge is -2.18. The molecule has 2 atom stereocenters. The largest absolute Gasteiger partial charge is 0.349 e. The molecule has 0 saturated heterocycles. The molecule has 1 heterocycles. The predicted molar refractivity (Wildman–Crippen MR) is 72.9 cm³/mol. The van der Waals surface area contributed by atoms with E-state index in [1.165, 1.54) is 0 Å². The number of aryl methyl sites for hydroxylation is 1. The first kappa shape index (κ1) is 14.6. The maximum atomic E-state index is 11.9. The number of nitrogens with two attached hydrogens (primary N) is 1. The van der Waals surface area contributed by atoms with Gasteiger partial charge in [0.2, 0.25) is 5.91 Å².